The first-order valence-corrected chi connectivity index (χ1v) is 9.36. The lowest BCUT2D eigenvalue weighted by Gasteiger charge is -2.26. The molecule has 1 aromatic heterocycles. The number of nitrogens with zero attached hydrogens (tertiary/aromatic N) is 2. The van der Waals surface area contributed by atoms with Crippen LogP contribution in [0.25, 0.3) is 0 Å². The van der Waals surface area contributed by atoms with Gasteiger partial charge < -0.3 is 5.32 Å². The SMILES string of the molecule is CCCNc1ncnc(SC2CCCC(C)C2)c1CCC. The lowest BCUT2D eigenvalue weighted by Crippen LogP contribution is -2.16. The van der Waals surface area contributed by atoms with Crippen molar-refractivity contribution in [3.05, 3.63) is 11.9 Å². The summed E-state index contributed by atoms with van der Waals surface area (Å²) in [6, 6.07) is 0. The van der Waals surface area contributed by atoms with E-state index in [-0.39, 0.29) is 0 Å². The molecule has 0 bridgehead atoms. The first-order chi connectivity index (χ1) is 10.2. The highest BCUT2D eigenvalue weighted by Gasteiger charge is 2.22. The second-order valence-electron chi connectivity index (χ2n) is 6.19. The molecule has 0 aromatic carbocycles. The van der Waals surface area contributed by atoms with Crippen LogP contribution >= 0.6 is 11.8 Å². The molecule has 1 aromatic rings. The summed E-state index contributed by atoms with van der Waals surface area (Å²) in [6.07, 6.45) is 10.5. The average molecular weight is 308 g/mol. The van der Waals surface area contributed by atoms with E-state index < -0.39 is 0 Å². The van der Waals surface area contributed by atoms with Crippen molar-refractivity contribution in [2.75, 3.05) is 11.9 Å². The van der Waals surface area contributed by atoms with Crippen LogP contribution in [-0.4, -0.2) is 21.8 Å². The van der Waals surface area contributed by atoms with E-state index in [0.29, 0.717) is 0 Å². The van der Waals surface area contributed by atoms with E-state index >= 15 is 0 Å². The van der Waals surface area contributed by atoms with E-state index in [2.05, 4.69) is 36.1 Å². The van der Waals surface area contributed by atoms with E-state index in [4.69, 9.17) is 0 Å². The van der Waals surface area contributed by atoms with Crippen molar-refractivity contribution in [3.63, 3.8) is 0 Å². The van der Waals surface area contributed by atoms with Gasteiger partial charge in [-0.1, -0.05) is 40.0 Å². The predicted octanol–water partition coefficient (Wildman–Crippen LogP) is 4.92. The smallest absolute Gasteiger partial charge is 0.133 e. The van der Waals surface area contributed by atoms with Crippen LogP contribution in [0.2, 0.25) is 0 Å². The van der Waals surface area contributed by atoms with Gasteiger partial charge in [0.05, 0.1) is 0 Å². The van der Waals surface area contributed by atoms with Crippen molar-refractivity contribution in [1.82, 2.24) is 9.97 Å². The Balaban J connectivity index is 2.12. The van der Waals surface area contributed by atoms with Crippen LogP contribution in [0.5, 0.6) is 0 Å². The van der Waals surface area contributed by atoms with Crippen LogP contribution in [0.4, 0.5) is 5.82 Å². The molecule has 0 radical (unpaired) electrons. The Labute approximate surface area is 133 Å². The highest BCUT2D eigenvalue weighted by Crippen LogP contribution is 2.37. The highest BCUT2D eigenvalue weighted by molar-refractivity contribution is 7.99. The summed E-state index contributed by atoms with van der Waals surface area (Å²) in [6.45, 7) is 7.78. The molecule has 3 nitrogen and oxygen atoms in total. The second-order valence-corrected chi connectivity index (χ2v) is 7.48. The minimum atomic E-state index is 0.735. The third kappa shape index (κ3) is 4.87. The molecule has 0 spiro atoms. The summed E-state index contributed by atoms with van der Waals surface area (Å²) >= 11 is 1.99. The van der Waals surface area contributed by atoms with Gasteiger partial charge in [-0.05, 0) is 31.6 Å². The minimum Gasteiger partial charge on any atom is -0.370 e. The van der Waals surface area contributed by atoms with Gasteiger partial charge in [0.25, 0.3) is 0 Å². The zero-order chi connectivity index (χ0) is 15.1. The fraction of sp³-hybridized carbons (Fsp3) is 0.765. The first kappa shape index (κ1) is 16.6. The van der Waals surface area contributed by atoms with Gasteiger partial charge >= 0.3 is 0 Å². The average Bonchev–Trinajstić information content (AvgIpc) is 2.48. The van der Waals surface area contributed by atoms with Gasteiger partial charge in [-0.15, -0.1) is 11.8 Å². The number of hydrogen-bond acceptors (Lipinski definition) is 4. The van der Waals surface area contributed by atoms with Crippen LogP contribution in [-0.2, 0) is 6.42 Å². The van der Waals surface area contributed by atoms with Crippen molar-refractivity contribution in [3.8, 4) is 0 Å². The zero-order valence-corrected chi connectivity index (χ0v) is 14.5. The Morgan fingerprint density at radius 1 is 1.24 bits per heavy atom. The number of hydrogen-bond donors (Lipinski definition) is 1. The van der Waals surface area contributed by atoms with Gasteiger partial charge in [-0.2, -0.15) is 0 Å². The Morgan fingerprint density at radius 2 is 2.10 bits per heavy atom. The molecular weight excluding hydrogens is 278 g/mol. The standard InChI is InChI=1S/C17H29N3S/c1-4-7-15-16(18-10-5-2)19-12-20-17(15)21-14-9-6-8-13(3)11-14/h12-14H,4-11H2,1-3H3,(H,18,19,20). The topological polar surface area (TPSA) is 37.8 Å². The summed E-state index contributed by atoms with van der Waals surface area (Å²) in [5.41, 5.74) is 1.33. The highest BCUT2D eigenvalue weighted by atomic mass is 32.2. The summed E-state index contributed by atoms with van der Waals surface area (Å²) in [5, 5.41) is 5.42. The number of nitrogens with one attached hydrogen (secondary N) is 1. The maximum absolute atomic E-state index is 4.60. The molecule has 1 aliphatic rings. The van der Waals surface area contributed by atoms with Crippen molar-refractivity contribution < 1.29 is 0 Å². The van der Waals surface area contributed by atoms with Gasteiger partial charge in [0.15, 0.2) is 0 Å². The van der Waals surface area contributed by atoms with Gasteiger partial charge in [-0.3, -0.25) is 0 Å². The molecule has 0 aliphatic heterocycles. The second kappa shape index (κ2) is 8.62. The molecule has 1 aliphatic carbocycles. The van der Waals surface area contributed by atoms with Crippen molar-refractivity contribution >= 4 is 17.6 Å². The van der Waals surface area contributed by atoms with Crippen molar-refractivity contribution in [2.24, 2.45) is 5.92 Å². The van der Waals surface area contributed by atoms with Crippen molar-refractivity contribution in [2.45, 2.75) is 76.0 Å². The van der Waals surface area contributed by atoms with Crippen molar-refractivity contribution in [1.29, 1.82) is 0 Å². The maximum Gasteiger partial charge on any atom is 0.133 e. The molecule has 21 heavy (non-hydrogen) atoms. The molecule has 4 heteroatoms. The molecule has 1 N–H and O–H groups in total. The van der Waals surface area contributed by atoms with E-state index in [0.717, 1.165) is 42.8 Å². The van der Waals surface area contributed by atoms with Crippen LogP contribution in [0.15, 0.2) is 11.4 Å². The lowest BCUT2D eigenvalue weighted by molar-refractivity contribution is 0.394. The summed E-state index contributed by atoms with van der Waals surface area (Å²) in [5.74, 6) is 1.92. The monoisotopic (exact) mass is 307 g/mol. The molecule has 118 valence electrons. The molecule has 1 fully saturated rings. The quantitative estimate of drug-likeness (QED) is 0.725. The third-order valence-corrected chi connectivity index (χ3v) is 5.45. The van der Waals surface area contributed by atoms with Gasteiger partial charge in [0.1, 0.15) is 17.2 Å². The fourth-order valence-corrected chi connectivity index (χ4v) is 4.49. The molecule has 0 saturated heterocycles. The van der Waals surface area contributed by atoms with Crippen LogP contribution < -0.4 is 5.32 Å². The third-order valence-electron chi connectivity index (χ3n) is 4.11. The summed E-state index contributed by atoms with van der Waals surface area (Å²) < 4.78 is 0. The maximum atomic E-state index is 4.60. The zero-order valence-electron chi connectivity index (χ0n) is 13.7. The van der Waals surface area contributed by atoms with E-state index in [1.54, 1.807) is 6.33 Å². The Kier molecular flexibility index (Phi) is 6.81. The van der Waals surface area contributed by atoms with Crippen LogP contribution in [0.3, 0.4) is 0 Å². The fourth-order valence-electron chi connectivity index (χ4n) is 3.01. The van der Waals surface area contributed by atoms with Gasteiger partial charge in [-0.25, -0.2) is 9.97 Å². The molecular formula is C17H29N3S. The molecule has 1 heterocycles. The predicted molar refractivity (Wildman–Crippen MR) is 92.1 cm³/mol. The van der Waals surface area contributed by atoms with Gasteiger partial charge in [0.2, 0.25) is 0 Å². The van der Waals surface area contributed by atoms with Crippen LogP contribution in [0.1, 0.15) is 64.9 Å². The minimum absolute atomic E-state index is 0.735. The molecule has 2 unspecified atom stereocenters. The molecule has 2 atom stereocenters. The Bertz CT molecular complexity index is 436. The number of thioether (sulfide) groups is 1. The first-order valence-electron chi connectivity index (χ1n) is 8.49. The summed E-state index contributed by atoms with van der Waals surface area (Å²) in [7, 11) is 0. The van der Waals surface area contributed by atoms with E-state index in [1.165, 1.54) is 36.3 Å². The molecule has 0 amide bonds. The number of rotatable bonds is 7. The Hall–Kier alpha value is -0.770. The van der Waals surface area contributed by atoms with E-state index in [9.17, 15) is 0 Å². The molecule has 2 rings (SSSR count). The number of anilines is 1. The largest absolute Gasteiger partial charge is 0.370 e. The lowest BCUT2D eigenvalue weighted by atomic mass is 9.91. The van der Waals surface area contributed by atoms with Crippen LogP contribution in [0, 0.1) is 5.92 Å². The summed E-state index contributed by atoms with van der Waals surface area (Å²) in [4.78, 5) is 9.06. The number of aromatic nitrogens is 2. The Morgan fingerprint density at radius 3 is 2.81 bits per heavy atom. The normalized spacial score (nSPS) is 22.2. The van der Waals surface area contributed by atoms with Gasteiger partial charge in [0, 0.05) is 17.4 Å². The van der Waals surface area contributed by atoms with E-state index in [1.807, 2.05) is 11.8 Å². The molecule has 1 saturated carbocycles.